The Balaban J connectivity index is 1.18. The van der Waals surface area contributed by atoms with Crippen molar-refractivity contribution >= 4 is 6.16 Å². The largest absolute Gasteiger partial charge is 0.519 e. The summed E-state index contributed by atoms with van der Waals surface area (Å²) in [5.41, 5.74) is 4.03. The first-order valence-electron chi connectivity index (χ1n) is 12.3. The number of hydrogen-bond donors (Lipinski definition) is 0. The van der Waals surface area contributed by atoms with E-state index in [1.54, 1.807) is 12.1 Å². The Morgan fingerprint density at radius 3 is 1.50 bits per heavy atom. The van der Waals surface area contributed by atoms with Crippen LogP contribution in [0.25, 0.3) is 0 Å². The summed E-state index contributed by atoms with van der Waals surface area (Å²) in [5, 5.41) is 0. The van der Waals surface area contributed by atoms with Crippen molar-refractivity contribution in [1.82, 2.24) is 0 Å². The Bertz CT molecular complexity index is 1290. The smallest absolute Gasteiger partial charge is 0.485 e. The van der Waals surface area contributed by atoms with Gasteiger partial charge in [-0.2, -0.15) is 0 Å². The summed E-state index contributed by atoms with van der Waals surface area (Å²) in [6, 6.07) is 31.0. The maximum Gasteiger partial charge on any atom is 0.519 e. The first-order valence-corrected chi connectivity index (χ1v) is 12.3. The number of hydrogen-bond acceptors (Lipinski definition) is 5. The second-order valence-corrected chi connectivity index (χ2v) is 9.04. The molecule has 180 valence electrons. The van der Waals surface area contributed by atoms with Crippen LogP contribution < -0.4 is 18.9 Å². The van der Waals surface area contributed by atoms with Crippen LogP contribution in [0.1, 0.15) is 47.3 Å². The number of carbonyl (C=O) groups is 1. The van der Waals surface area contributed by atoms with Crippen molar-refractivity contribution in [3.8, 4) is 23.0 Å². The average molecular weight is 479 g/mol. The lowest BCUT2D eigenvalue weighted by Gasteiger charge is -2.28. The van der Waals surface area contributed by atoms with Crippen LogP contribution in [0.2, 0.25) is 0 Å². The fraction of sp³-hybridized carbons (Fsp3) is 0.194. The molecule has 0 radical (unpaired) electrons. The van der Waals surface area contributed by atoms with Gasteiger partial charge in [0.05, 0.1) is 0 Å². The van der Waals surface area contributed by atoms with E-state index in [2.05, 4.69) is 12.1 Å². The molecule has 36 heavy (non-hydrogen) atoms. The topological polar surface area (TPSA) is 54.0 Å². The quantitative estimate of drug-likeness (QED) is 0.226. The summed E-state index contributed by atoms with van der Waals surface area (Å²) < 4.78 is 23.9. The average Bonchev–Trinajstić information content (AvgIpc) is 2.93. The molecule has 2 heterocycles. The molecular weight excluding hydrogens is 452 g/mol. The van der Waals surface area contributed by atoms with Crippen LogP contribution in [0.15, 0.2) is 97.1 Å². The fourth-order valence-electron chi connectivity index (χ4n) is 4.97. The Morgan fingerprint density at radius 1 is 0.583 bits per heavy atom. The fourth-order valence-corrected chi connectivity index (χ4v) is 4.97. The van der Waals surface area contributed by atoms with Gasteiger partial charge < -0.3 is 18.9 Å². The number of fused-ring (bicyclic) bond motifs is 2. The van der Waals surface area contributed by atoms with Gasteiger partial charge in [-0.15, -0.1) is 0 Å². The summed E-state index contributed by atoms with van der Waals surface area (Å²) in [6.07, 6.45) is 2.21. The number of ether oxygens (including phenoxy) is 4. The summed E-state index contributed by atoms with van der Waals surface area (Å²) >= 11 is 0. The Kier molecular flexibility index (Phi) is 6.04. The third-order valence-corrected chi connectivity index (χ3v) is 6.75. The highest BCUT2D eigenvalue weighted by Gasteiger charge is 2.27. The zero-order valence-corrected chi connectivity index (χ0v) is 19.8. The van der Waals surface area contributed by atoms with Gasteiger partial charge >= 0.3 is 6.16 Å². The molecule has 0 saturated carbocycles. The Labute approximate surface area is 210 Å². The van der Waals surface area contributed by atoms with Crippen LogP contribution in [0, 0.1) is 0 Å². The maximum absolute atomic E-state index is 12.9. The monoisotopic (exact) mass is 478 g/mol. The Hall–Kier alpha value is -4.25. The molecule has 5 nitrogen and oxygen atoms in total. The SMILES string of the molecule is O=C(Oc1ccccc1C1CCc2ccccc2O1)Oc1ccccc1C1CCc2ccccc2O1. The maximum atomic E-state index is 12.9. The first-order chi connectivity index (χ1) is 17.7. The molecular formula is C31H26O5. The molecule has 0 aliphatic carbocycles. The van der Waals surface area contributed by atoms with Crippen molar-refractivity contribution in [2.75, 3.05) is 0 Å². The van der Waals surface area contributed by atoms with E-state index in [-0.39, 0.29) is 12.2 Å². The number of benzene rings is 4. The van der Waals surface area contributed by atoms with Crippen molar-refractivity contribution in [3.05, 3.63) is 119 Å². The predicted octanol–water partition coefficient (Wildman–Crippen LogP) is 7.40. The lowest BCUT2D eigenvalue weighted by atomic mass is 9.97. The number of aryl methyl sites for hydroxylation is 2. The third kappa shape index (κ3) is 4.52. The van der Waals surface area contributed by atoms with E-state index in [0.717, 1.165) is 48.3 Å². The standard InChI is InChI=1S/C31H26O5/c32-31(35-27-15-7-3-11-23(27)29-19-17-21-9-1-5-13-25(21)33-29)36-28-16-8-4-12-24(28)30-20-18-22-10-2-6-14-26(22)34-30/h1-16,29-30H,17-20H2. The van der Waals surface area contributed by atoms with Crippen LogP contribution in [0.3, 0.4) is 0 Å². The highest BCUT2D eigenvalue weighted by molar-refractivity contribution is 5.68. The second kappa shape index (κ2) is 9.78. The third-order valence-electron chi connectivity index (χ3n) is 6.75. The van der Waals surface area contributed by atoms with Crippen molar-refractivity contribution < 1.29 is 23.7 Å². The van der Waals surface area contributed by atoms with Gasteiger partial charge in [0, 0.05) is 11.1 Å². The van der Waals surface area contributed by atoms with Crippen molar-refractivity contribution in [1.29, 1.82) is 0 Å². The van der Waals surface area contributed by atoms with Gasteiger partial charge in [0.15, 0.2) is 0 Å². The highest BCUT2D eigenvalue weighted by atomic mass is 16.7. The molecule has 4 aromatic rings. The van der Waals surface area contributed by atoms with Gasteiger partial charge in [0.1, 0.15) is 35.2 Å². The predicted molar refractivity (Wildman–Crippen MR) is 136 cm³/mol. The van der Waals surface area contributed by atoms with Crippen LogP contribution in [0.5, 0.6) is 23.0 Å². The lowest BCUT2D eigenvalue weighted by Crippen LogP contribution is -2.20. The molecule has 0 saturated heterocycles. The Morgan fingerprint density at radius 2 is 1.00 bits per heavy atom. The molecule has 5 heteroatoms. The van der Waals surface area contributed by atoms with Crippen molar-refractivity contribution in [2.24, 2.45) is 0 Å². The van der Waals surface area contributed by atoms with Crippen molar-refractivity contribution in [2.45, 2.75) is 37.9 Å². The van der Waals surface area contributed by atoms with Crippen LogP contribution in [-0.4, -0.2) is 6.16 Å². The van der Waals surface area contributed by atoms with Crippen LogP contribution >= 0.6 is 0 Å². The zero-order chi connectivity index (χ0) is 24.3. The summed E-state index contributed by atoms with van der Waals surface area (Å²) in [7, 11) is 0. The number of para-hydroxylation sites is 4. The van der Waals surface area contributed by atoms with E-state index >= 15 is 0 Å². The number of rotatable bonds is 4. The number of carbonyl (C=O) groups excluding carboxylic acids is 1. The summed E-state index contributed by atoms with van der Waals surface area (Å²) in [5.74, 6) is 2.61. The molecule has 0 aromatic heterocycles. The molecule has 2 unspecified atom stereocenters. The molecule has 2 atom stereocenters. The van der Waals surface area contributed by atoms with E-state index in [0.29, 0.717) is 11.5 Å². The van der Waals surface area contributed by atoms with Gasteiger partial charge in [0.25, 0.3) is 0 Å². The van der Waals surface area contributed by atoms with E-state index in [1.165, 1.54) is 11.1 Å². The van der Waals surface area contributed by atoms with Gasteiger partial charge in [-0.25, -0.2) is 4.79 Å². The summed E-state index contributed by atoms with van der Waals surface area (Å²) in [4.78, 5) is 12.9. The molecule has 2 aliphatic heterocycles. The zero-order valence-electron chi connectivity index (χ0n) is 19.8. The van der Waals surface area contributed by atoms with E-state index < -0.39 is 6.16 Å². The van der Waals surface area contributed by atoms with E-state index in [4.69, 9.17) is 18.9 Å². The highest BCUT2D eigenvalue weighted by Crippen LogP contribution is 2.40. The van der Waals surface area contributed by atoms with Gasteiger partial charge in [0.2, 0.25) is 0 Å². The molecule has 0 fully saturated rings. The normalized spacial score (nSPS) is 18.1. The molecule has 6 rings (SSSR count). The van der Waals surface area contributed by atoms with E-state index in [9.17, 15) is 4.79 Å². The summed E-state index contributed by atoms with van der Waals surface area (Å²) in [6.45, 7) is 0. The molecule has 0 amide bonds. The minimum atomic E-state index is -0.790. The molecule has 0 N–H and O–H groups in total. The molecule has 4 aromatic carbocycles. The van der Waals surface area contributed by atoms with Crippen LogP contribution in [-0.2, 0) is 12.8 Å². The minimum Gasteiger partial charge on any atom is -0.485 e. The molecule has 2 aliphatic rings. The van der Waals surface area contributed by atoms with Gasteiger partial charge in [-0.05, 0) is 61.1 Å². The van der Waals surface area contributed by atoms with E-state index in [1.807, 2.05) is 72.8 Å². The molecule has 0 spiro atoms. The van der Waals surface area contributed by atoms with Gasteiger partial charge in [-0.3, -0.25) is 0 Å². The van der Waals surface area contributed by atoms with Crippen molar-refractivity contribution in [3.63, 3.8) is 0 Å². The first kappa shape index (κ1) is 22.2. The van der Waals surface area contributed by atoms with Gasteiger partial charge in [-0.1, -0.05) is 72.8 Å². The lowest BCUT2D eigenvalue weighted by molar-refractivity contribution is 0.140. The van der Waals surface area contributed by atoms with Crippen LogP contribution in [0.4, 0.5) is 4.79 Å². The molecule has 0 bridgehead atoms. The second-order valence-electron chi connectivity index (χ2n) is 9.04. The minimum absolute atomic E-state index is 0.202.